The average Bonchev–Trinajstić information content (AvgIpc) is 2.46. The molecule has 0 fully saturated rings. The van der Waals surface area contributed by atoms with Crippen molar-refractivity contribution in [2.45, 2.75) is 0 Å². The van der Waals surface area contributed by atoms with Gasteiger partial charge in [0.15, 0.2) is 11.7 Å². The molecule has 0 aromatic carbocycles. The smallest absolute Gasteiger partial charge is 0.166 e. The van der Waals surface area contributed by atoms with Crippen LogP contribution in [0.5, 0.6) is 0 Å². The number of hydrogen-bond acceptors (Lipinski definition) is 0. The summed E-state index contributed by atoms with van der Waals surface area (Å²) in [6, 6.07) is 0. The van der Waals surface area contributed by atoms with Gasteiger partial charge in [0.2, 0.25) is 0 Å². The number of allylic oxidation sites excluding steroid dienone is 12. The van der Waals surface area contributed by atoms with Gasteiger partial charge in [0.25, 0.3) is 0 Å². The van der Waals surface area contributed by atoms with E-state index in [1.165, 1.54) is 24.3 Å². The van der Waals surface area contributed by atoms with Crippen LogP contribution in [0.4, 0.5) is 8.78 Å². The van der Waals surface area contributed by atoms with Gasteiger partial charge in [-0.2, -0.15) is 6.58 Å². The Kier molecular flexibility index (Phi) is 11.2. The summed E-state index contributed by atoms with van der Waals surface area (Å²) < 4.78 is 27.9. The van der Waals surface area contributed by atoms with E-state index in [1.54, 1.807) is 6.08 Å². The summed E-state index contributed by atoms with van der Waals surface area (Å²) in [4.78, 5) is 0. The molecule has 0 aliphatic rings. The van der Waals surface area contributed by atoms with Gasteiger partial charge >= 0.3 is 0 Å². The van der Waals surface area contributed by atoms with E-state index in [0.717, 1.165) is 0 Å². The van der Waals surface area contributed by atoms with Crippen LogP contribution in [-0.4, -0.2) is 0 Å². The van der Waals surface area contributed by atoms with Gasteiger partial charge in [-0.25, -0.2) is 20.9 Å². The summed E-state index contributed by atoms with van der Waals surface area (Å²) in [7, 11) is 0. The van der Waals surface area contributed by atoms with Gasteiger partial charge in [0, 0.05) is 26.0 Å². The Morgan fingerprint density at radius 1 is 0.857 bits per heavy atom. The van der Waals surface area contributed by atoms with E-state index >= 15 is 0 Å². The van der Waals surface area contributed by atoms with Crippen LogP contribution in [0, 0.1) is 6.08 Å². The van der Waals surface area contributed by atoms with Gasteiger partial charge in [-0.05, 0) is 11.1 Å². The maximum atomic E-state index is 13.9. The van der Waals surface area contributed by atoms with Crippen molar-refractivity contribution in [3.8, 4) is 0 Å². The van der Waals surface area contributed by atoms with Crippen molar-refractivity contribution in [2.75, 3.05) is 0 Å². The molecule has 0 saturated carbocycles. The maximum absolute atomic E-state index is 13.9. The van der Waals surface area contributed by atoms with Crippen LogP contribution < -0.4 is 0 Å². The van der Waals surface area contributed by atoms with Crippen molar-refractivity contribution < 1.29 is 29.2 Å². The second-order valence-electron chi connectivity index (χ2n) is 3.77. The summed E-state index contributed by atoms with van der Waals surface area (Å²) in [5.41, 5.74) is 0.129. The minimum Gasteiger partial charge on any atom is -0.258 e. The molecule has 0 rings (SSSR count). The fourth-order valence-corrected chi connectivity index (χ4v) is 1.09. The van der Waals surface area contributed by atoms with E-state index in [9.17, 15) is 8.78 Å². The third kappa shape index (κ3) is 6.95. The molecule has 0 aromatic rings. The molecular weight excluding hydrogens is 440 g/mol. The Hall–Kier alpha value is -1.82. The first-order chi connectivity index (χ1) is 9.36. The van der Waals surface area contributed by atoms with Gasteiger partial charge < -0.3 is 0 Å². The van der Waals surface area contributed by atoms with Crippen LogP contribution >= 0.6 is 0 Å². The third-order valence-electron chi connectivity index (χ3n) is 2.33. The molecule has 0 aliphatic carbocycles. The summed E-state index contributed by atoms with van der Waals surface area (Å²) in [5.74, 6) is -2.24. The van der Waals surface area contributed by atoms with Crippen molar-refractivity contribution in [3.63, 3.8) is 0 Å². The minimum absolute atomic E-state index is 0. The van der Waals surface area contributed by atoms with Crippen LogP contribution in [0.3, 0.4) is 0 Å². The topological polar surface area (TPSA) is 0 Å². The van der Waals surface area contributed by atoms with E-state index in [1.807, 2.05) is 0 Å². The van der Waals surface area contributed by atoms with Crippen LogP contribution in [-0.2, 0) is 20.4 Å². The molecule has 0 aromatic heterocycles. The fraction of sp³-hybridized carbons (Fsp3) is 0. The molecular formula is C18H17F2Re-. The molecule has 0 heterocycles. The van der Waals surface area contributed by atoms with Crippen LogP contribution in [0.1, 0.15) is 0 Å². The normalized spacial score (nSPS) is 11.5. The Labute approximate surface area is 139 Å². The Morgan fingerprint density at radius 3 is 1.67 bits per heavy atom. The van der Waals surface area contributed by atoms with Crippen LogP contribution in [0.15, 0.2) is 104 Å². The Morgan fingerprint density at radius 2 is 1.29 bits per heavy atom. The molecule has 0 saturated heterocycles. The average molecular weight is 458 g/mol. The van der Waals surface area contributed by atoms with Crippen molar-refractivity contribution in [2.24, 2.45) is 0 Å². The van der Waals surface area contributed by atoms with Crippen molar-refractivity contribution in [1.82, 2.24) is 0 Å². The second kappa shape index (κ2) is 10.9. The molecule has 1 radical (unpaired) electrons. The fourth-order valence-electron chi connectivity index (χ4n) is 1.09. The predicted molar refractivity (Wildman–Crippen MR) is 83.1 cm³/mol. The number of halogens is 2. The summed E-state index contributed by atoms with van der Waals surface area (Å²) in [5, 5.41) is 0. The quantitative estimate of drug-likeness (QED) is 0.327. The van der Waals surface area contributed by atoms with Gasteiger partial charge in [0.1, 0.15) is 0 Å². The largest absolute Gasteiger partial charge is 0.258 e. The third-order valence-corrected chi connectivity index (χ3v) is 2.33. The molecule has 0 aliphatic heterocycles. The second-order valence-corrected chi connectivity index (χ2v) is 3.77. The molecule has 0 unspecified atom stereocenters. The summed E-state index contributed by atoms with van der Waals surface area (Å²) in [6.45, 7) is 20.9. The van der Waals surface area contributed by atoms with Crippen LogP contribution in [0.25, 0.3) is 0 Å². The van der Waals surface area contributed by atoms with E-state index in [4.69, 9.17) is 0 Å². The Bertz CT molecular complexity index is 508. The molecule has 111 valence electrons. The predicted octanol–water partition coefficient (Wildman–Crippen LogP) is 5.65. The van der Waals surface area contributed by atoms with Crippen LogP contribution in [0.2, 0.25) is 0 Å². The zero-order valence-electron chi connectivity index (χ0n) is 11.8. The standard InChI is InChI=1S/C18H17F2.Re/c1-7-9-11-13(3)15(5)17(19)18(20)16(6)14(4)12-10-8-2;/h7,9-12H,1-6H2;/q-1;/b11-9-,12-10-,18-17-;. The van der Waals surface area contributed by atoms with Gasteiger partial charge in [-0.3, -0.25) is 6.08 Å². The Balaban J connectivity index is 0. The summed E-state index contributed by atoms with van der Waals surface area (Å²) >= 11 is 0. The number of hydrogen-bond donors (Lipinski definition) is 0. The van der Waals surface area contributed by atoms with Gasteiger partial charge in [0.05, 0.1) is 0 Å². The molecule has 0 amide bonds. The monoisotopic (exact) mass is 458 g/mol. The first kappa shape index (κ1) is 21.5. The van der Waals surface area contributed by atoms with Crippen molar-refractivity contribution in [1.29, 1.82) is 0 Å². The minimum atomic E-state index is -1.12. The zero-order valence-corrected chi connectivity index (χ0v) is 14.5. The molecule has 0 atom stereocenters. The molecule has 0 bridgehead atoms. The molecule has 3 heteroatoms. The molecule has 0 N–H and O–H groups in total. The van der Waals surface area contributed by atoms with Crippen molar-refractivity contribution in [3.05, 3.63) is 110 Å². The molecule has 0 spiro atoms. The maximum Gasteiger partial charge on any atom is 0.166 e. The SMILES string of the molecule is C=[C-]/C=C\C(=C)C(=C)/C(F)=C(/F)C(=C)C(=C)/C=C\C=C.[Re]. The van der Waals surface area contributed by atoms with E-state index in [-0.39, 0.29) is 42.7 Å². The molecule has 0 nitrogen and oxygen atoms in total. The van der Waals surface area contributed by atoms with E-state index in [0.29, 0.717) is 0 Å². The van der Waals surface area contributed by atoms with Gasteiger partial charge in [-0.1, -0.05) is 44.5 Å². The first-order valence-corrected chi connectivity index (χ1v) is 5.67. The van der Waals surface area contributed by atoms with E-state index in [2.05, 4.69) is 45.5 Å². The van der Waals surface area contributed by atoms with E-state index < -0.39 is 11.7 Å². The first-order valence-electron chi connectivity index (χ1n) is 5.67. The van der Waals surface area contributed by atoms with Crippen molar-refractivity contribution >= 4 is 0 Å². The zero-order chi connectivity index (χ0) is 15.7. The summed E-state index contributed by atoms with van der Waals surface area (Å²) in [6.07, 6.45) is 9.85. The van der Waals surface area contributed by atoms with Gasteiger partial charge in [-0.15, -0.1) is 12.2 Å². The molecule has 21 heavy (non-hydrogen) atoms. The number of rotatable bonds is 8.